The lowest BCUT2D eigenvalue weighted by atomic mass is 10.1. The second kappa shape index (κ2) is 13.2. The predicted octanol–water partition coefficient (Wildman–Crippen LogP) is 7.71. The summed E-state index contributed by atoms with van der Waals surface area (Å²) in [6, 6.07) is 9.13. The van der Waals surface area contributed by atoms with Crippen molar-refractivity contribution in [3.63, 3.8) is 0 Å². The maximum Gasteiger partial charge on any atom is 0.0794 e. The van der Waals surface area contributed by atoms with Gasteiger partial charge in [-0.1, -0.05) is 88.4 Å². The lowest BCUT2D eigenvalue weighted by Crippen LogP contribution is -2.12. The first-order valence-electron chi connectivity index (χ1n) is 10.6. The zero-order valence-electron chi connectivity index (χ0n) is 16.7. The Balaban J connectivity index is 1.67. The molecule has 26 heavy (non-hydrogen) atoms. The van der Waals surface area contributed by atoms with E-state index in [-0.39, 0.29) is 6.10 Å². The molecule has 144 valence electrons. The summed E-state index contributed by atoms with van der Waals surface area (Å²) < 4.78 is 5.96. The van der Waals surface area contributed by atoms with Gasteiger partial charge in [-0.25, -0.2) is 0 Å². The fourth-order valence-corrected chi connectivity index (χ4v) is 4.03. The lowest BCUT2D eigenvalue weighted by molar-refractivity contribution is 0.0831. The van der Waals surface area contributed by atoms with Crippen LogP contribution in [0.3, 0.4) is 0 Å². The van der Waals surface area contributed by atoms with E-state index in [1.165, 1.54) is 73.2 Å². The predicted molar refractivity (Wildman–Crippen MR) is 116 cm³/mol. The second-order valence-corrected chi connectivity index (χ2v) is 8.37. The Morgan fingerprint density at radius 2 is 1.65 bits per heavy atom. The number of aryl methyl sites for hydroxylation is 1. The average molecular weight is 373 g/mol. The van der Waals surface area contributed by atoms with Gasteiger partial charge >= 0.3 is 0 Å². The van der Waals surface area contributed by atoms with Gasteiger partial charge in [-0.2, -0.15) is 0 Å². The molecule has 0 saturated heterocycles. The van der Waals surface area contributed by atoms with Gasteiger partial charge in [0.2, 0.25) is 0 Å². The zero-order chi connectivity index (χ0) is 18.5. The van der Waals surface area contributed by atoms with Crippen LogP contribution in [0.1, 0.15) is 77.2 Å². The highest BCUT2D eigenvalue weighted by Gasteiger charge is 2.10. The molecule has 0 fully saturated rings. The largest absolute Gasteiger partial charge is 0.374 e. The highest BCUT2D eigenvalue weighted by atomic mass is 32.2. The summed E-state index contributed by atoms with van der Waals surface area (Å²) in [5.41, 5.74) is 1.47. The van der Waals surface area contributed by atoms with Crippen LogP contribution in [0.25, 0.3) is 0 Å². The first-order valence-corrected chi connectivity index (χ1v) is 11.4. The summed E-state index contributed by atoms with van der Waals surface area (Å²) in [5.74, 6) is 0. The van der Waals surface area contributed by atoms with Crippen LogP contribution in [-0.4, -0.2) is 12.7 Å². The standard InChI is InChI=1S/C24H36OS/c1-3-5-7-9-11-21-12-16-23(17-13-21)26-24-18-14-22(15-19-24)25-20-10-8-6-4-2/h12-14,16-19,22H,3-11,15,20H2,1-2H3. The van der Waals surface area contributed by atoms with Gasteiger partial charge in [0, 0.05) is 16.4 Å². The highest BCUT2D eigenvalue weighted by molar-refractivity contribution is 8.03. The van der Waals surface area contributed by atoms with E-state index in [0.29, 0.717) is 0 Å². The van der Waals surface area contributed by atoms with Gasteiger partial charge in [0.15, 0.2) is 0 Å². The molecule has 0 aromatic heterocycles. The van der Waals surface area contributed by atoms with Crippen molar-refractivity contribution in [1.29, 1.82) is 0 Å². The molecule has 1 unspecified atom stereocenters. The van der Waals surface area contributed by atoms with E-state index in [1.807, 2.05) is 11.8 Å². The minimum absolute atomic E-state index is 0.270. The summed E-state index contributed by atoms with van der Waals surface area (Å²) in [6.45, 7) is 5.41. The molecule has 0 radical (unpaired) electrons. The Kier molecular flexibility index (Phi) is 10.8. The van der Waals surface area contributed by atoms with Crippen LogP contribution < -0.4 is 0 Å². The third kappa shape index (κ3) is 8.60. The van der Waals surface area contributed by atoms with Crippen molar-refractivity contribution in [1.82, 2.24) is 0 Å². The SMILES string of the molecule is CCCCCCOC1C=CC(Sc2ccc(CCCCCC)cc2)=CC1. The molecule has 0 spiro atoms. The van der Waals surface area contributed by atoms with Gasteiger partial charge < -0.3 is 4.74 Å². The zero-order valence-corrected chi connectivity index (χ0v) is 17.5. The van der Waals surface area contributed by atoms with E-state index in [9.17, 15) is 0 Å². The first-order chi connectivity index (χ1) is 12.8. The summed E-state index contributed by atoms with van der Waals surface area (Å²) in [5, 5.41) is 0. The van der Waals surface area contributed by atoms with Crippen molar-refractivity contribution in [2.24, 2.45) is 0 Å². The number of rotatable bonds is 13. The van der Waals surface area contributed by atoms with Crippen LogP contribution in [0.2, 0.25) is 0 Å². The number of hydrogen-bond acceptors (Lipinski definition) is 2. The van der Waals surface area contributed by atoms with Gasteiger partial charge in [-0.15, -0.1) is 0 Å². The third-order valence-corrected chi connectivity index (χ3v) is 5.88. The Labute approximate surface area is 165 Å². The molecule has 0 saturated carbocycles. The van der Waals surface area contributed by atoms with Crippen LogP contribution >= 0.6 is 11.8 Å². The van der Waals surface area contributed by atoms with Crippen molar-refractivity contribution < 1.29 is 4.74 Å². The van der Waals surface area contributed by atoms with E-state index in [2.05, 4.69) is 56.3 Å². The molecule has 2 heteroatoms. The second-order valence-electron chi connectivity index (χ2n) is 7.23. The third-order valence-electron chi connectivity index (χ3n) is 4.83. The average Bonchev–Trinajstić information content (AvgIpc) is 2.68. The minimum Gasteiger partial charge on any atom is -0.374 e. The number of hydrogen-bond donors (Lipinski definition) is 0. The Bertz CT molecular complexity index is 544. The fourth-order valence-electron chi connectivity index (χ4n) is 3.16. The van der Waals surface area contributed by atoms with E-state index < -0.39 is 0 Å². The molecular weight excluding hydrogens is 336 g/mol. The number of benzene rings is 1. The van der Waals surface area contributed by atoms with Crippen molar-refractivity contribution in [2.75, 3.05) is 6.61 Å². The van der Waals surface area contributed by atoms with Gasteiger partial charge in [-0.3, -0.25) is 0 Å². The van der Waals surface area contributed by atoms with E-state index in [0.717, 1.165) is 13.0 Å². The van der Waals surface area contributed by atoms with E-state index >= 15 is 0 Å². The molecule has 1 aliphatic rings. The van der Waals surface area contributed by atoms with Gasteiger partial charge in [0.1, 0.15) is 0 Å². The monoisotopic (exact) mass is 372 g/mol. The first kappa shape index (κ1) is 21.3. The number of thioether (sulfide) groups is 1. The molecule has 1 aromatic rings. The lowest BCUT2D eigenvalue weighted by Gasteiger charge is -2.17. The van der Waals surface area contributed by atoms with Gasteiger partial charge in [-0.05, 0) is 49.5 Å². The maximum absolute atomic E-state index is 5.96. The van der Waals surface area contributed by atoms with Crippen LogP contribution in [0.4, 0.5) is 0 Å². The fraction of sp³-hybridized carbons (Fsp3) is 0.583. The van der Waals surface area contributed by atoms with Crippen molar-refractivity contribution >= 4 is 11.8 Å². The highest BCUT2D eigenvalue weighted by Crippen LogP contribution is 2.31. The molecule has 0 N–H and O–H groups in total. The molecule has 1 aliphatic carbocycles. The number of allylic oxidation sites excluding steroid dienone is 1. The van der Waals surface area contributed by atoms with E-state index in [4.69, 9.17) is 4.74 Å². The minimum atomic E-state index is 0.270. The molecule has 1 atom stereocenters. The Hall–Kier alpha value is -0.990. The van der Waals surface area contributed by atoms with Crippen LogP contribution in [0, 0.1) is 0 Å². The van der Waals surface area contributed by atoms with Crippen molar-refractivity contribution in [3.8, 4) is 0 Å². The summed E-state index contributed by atoms with van der Waals surface area (Å²) in [6.07, 6.45) is 19.7. The van der Waals surface area contributed by atoms with E-state index in [1.54, 1.807) is 0 Å². The van der Waals surface area contributed by atoms with Gasteiger partial charge in [0.25, 0.3) is 0 Å². The van der Waals surface area contributed by atoms with Crippen LogP contribution in [0.15, 0.2) is 52.3 Å². The molecule has 1 aromatic carbocycles. The van der Waals surface area contributed by atoms with Crippen LogP contribution in [0.5, 0.6) is 0 Å². The van der Waals surface area contributed by atoms with Gasteiger partial charge in [0.05, 0.1) is 6.10 Å². The molecular formula is C24H36OS. The maximum atomic E-state index is 5.96. The van der Waals surface area contributed by atoms with Crippen molar-refractivity contribution in [3.05, 3.63) is 53.0 Å². The Morgan fingerprint density at radius 3 is 2.31 bits per heavy atom. The Morgan fingerprint density at radius 1 is 0.923 bits per heavy atom. The number of unbranched alkanes of at least 4 members (excludes halogenated alkanes) is 6. The number of ether oxygens (including phenoxy) is 1. The van der Waals surface area contributed by atoms with Crippen LogP contribution in [-0.2, 0) is 11.2 Å². The summed E-state index contributed by atoms with van der Waals surface area (Å²) in [7, 11) is 0. The topological polar surface area (TPSA) is 9.23 Å². The molecule has 0 bridgehead atoms. The molecule has 2 rings (SSSR count). The smallest absolute Gasteiger partial charge is 0.0794 e. The van der Waals surface area contributed by atoms with Crippen molar-refractivity contribution in [2.45, 2.75) is 89.1 Å². The molecule has 0 amide bonds. The summed E-state index contributed by atoms with van der Waals surface area (Å²) >= 11 is 1.86. The quantitative estimate of drug-likeness (QED) is 0.328. The molecule has 1 nitrogen and oxygen atoms in total. The normalized spacial score (nSPS) is 16.7. The summed E-state index contributed by atoms with van der Waals surface area (Å²) in [4.78, 5) is 2.67. The molecule has 0 heterocycles. The molecule has 0 aliphatic heterocycles.